The lowest BCUT2D eigenvalue weighted by Gasteiger charge is -2.20. The zero-order valence-electron chi connectivity index (χ0n) is 13.7. The summed E-state index contributed by atoms with van der Waals surface area (Å²) in [6, 6.07) is 2.29. The van der Waals surface area contributed by atoms with Gasteiger partial charge in [-0.05, 0) is 12.3 Å². The van der Waals surface area contributed by atoms with Gasteiger partial charge in [-0.1, -0.05) is 64.2 Å². The van der Waals surface area contributed by atoms with Gasteiger partial charge in [-0.2, -0.15) is 14.9 Å². The summed E-state index contributed by atoms with van der Waals surface area (Å²) in [6.45, 7) is 6.26. The van der Waals surface area contributed by atoms with Crippen LogP contribution in [0.25, 0.3) is 4.96 Å². The molecule has 0 aromatic carbocycles. The maximum Gasteiger partial charge on any atom is 0.213 e. The minimum atomic E-state index is -0.124. The van der Waals surface area contributed by atoms with Crippen LogP contribution in [0.2, 0.25) is 0 Å². The van der Waals surface area contributed by atoms with Gasteiger partial charge in [0.1, 0.15) is 11.1 Å². The molecule has 0 unspecified atom stereocenters. The maximum absolute atomic E-state index is 9.47. The number of aromatic nitrogens is 3. The zero-order chi connectivity index (χ0) is 15.7. The van der Waals surface area contributed by atoms with Gasteiger partial charge in [0.15, 0.2) is 5.69 Å². The fraction of sp³-hybridized carbons (Fsp3) is 0.706. The number of fused-ring (bicyclic) bond motifs is 1. The highest BCUT2D eigenvalue weighted by molar-refractivity contribution is 7.16. The lowest BCUT2D eigenvalue weighted by Crippen LogP contribution is -2.14. The Labute approximate surface area is 136 Å². The Hall–Kier alpha value is -1.41. The Balaban J connectivity index is 1.79. The van der Waals surface area contributed by atoms with Crippen molar-refractivity contribution in [3.8, 4) is 6.07 Å². The van der Waals surface area contributed by atoms with E-state index in [4.69, 9.17) is 0 Å². The van der Waals surface area contributed by atoms with Gasteiger partial charge in [0.05, 0.1) is 5.69 Å². The molecule has 0 spiro atoms. The minimum absolute atomic E-state index is 0.124. The van der Waals surface area contributed by atoms with Gasteiger partial charge in [-0.15, -0.1) is 0 Å². The van der Waals surface area contributed by atoms with Crippen molar-refractivity contribution < 1.29 is 0 Å². The SMILES string of the molecule is CC(C)(C)c1nc2sc(CCC3CCCCC3)nn2c1C#N. The van der Waals surface area contributed by atoms with Crippen molar-refractivity contribution in [1.82, 2.24) is 14.6 Å². The quantitative estimate of drug-likeness (QED) is 0.839. The van der Waals surface area contributed by atoms with Gasteiger partial charge < -0.3 is 0 Å². The Morgan fingerprint density at radius 1 is 1.27 bits per heavy atom. The number of aryl methyl sites for hydroxylation is 1. The van der Waals surface area contributed by atoms with E-state index in [1.807, 2.05) is 0 Å². The number of imidazole rings is 1. The van der Waals surface area contributed by atoms with Gasteiger partial charge >= 0.3 is 0 Å². The van der Waals surface area contributed by atoms with Crippen molar-refractivity contribution in [3.05, 3.63) is 16.4 Å². The second-order valence-electron chi connectivity index (χ2n) is 7.40. The van der Waals surface area contributed by atoms with Crippen molar-refractivity contribution in [3.63, 3.8) is 0 Å². The summed E-state index contributed by atoms with van der Waals surface area (Å²) in [5, 5.41) is 15.2. The summed E-state index contributed by atoms with van der Waals surface area (Å²) >= 11 is 1.64. The van der Waals surface area contributed by atoms with Crippen LogP contribution in [0, 0.1) is 17.2 Å². The van der Waals surface area contributed by atoms with Gasteiger partial charge in [0, 0.05) is 11.8 Å². The molecule has 2 aromatic rings. The first kappa shape index (κ1) is 15.5. The van der Waals surface area contributed by atoms with Crippen LogP contribution < -0.4 is 0 Å². The Morgan fingerprint density at radius 3 is 2.64 bits per heavy atom. The largest absolute Gasteiger partial charge is 0.221 e. The molecule has 22 heavy (non-hydrogen) atoms. The van der Waals surface area contributed by atoms with Crippen molar-refractivity contribution in [2.75, 3.05) is 0 Å². The van der Waals surface area contributed by atoms with Gasteiger partial charge in [-0.3, -0.25) is 0 Å². The fourth-order valence-electron chi connectivity index (χ4n) is 3.32. The molecule has 3 rings (SSSR count). The van der Waals surface area contributed by atoms with E-state index in [1.165, 1.54) is 38.5 Å². The lowest BCUT2D eigenvalue weighted by molar-refractivity contribution is 0.339. The molecule has 5 heteroatoms. The summed E-state index contributed by atoms with van der Waals surface area (Å²) in [5.74, 6) is 0.866. The number of hydrogen-bond donors (Lipinski definition) is 0. The average molecular weight is 316 g/mol. The molecule has 1 aliphatic carbocycles. The minimum Gasteiger partial charge on any atom is -0.221 e. The van der Waals surface area contributed by atoms with E-state index in [0.717, 1.165) is 28.0 Å². The molecular formula is C17H24N4S. The van der Waals surface area contributed by atoms with E-state index >= 15 is 0 Å². The molecule has 0 aliphatic heterocycles. The average Bonchev–Trinajstić information content (AvgIpc) is 3.02. The second-order valence-corrected chi connectivity index (χ2v) is 8.44. The summed E-state index contributed by atoms with van der Waals surface area (Å²) in [4.78, 5) is 5.53. The van der Waals surface area contributed by atoms with Crippen LogP contribution in [0.4, 0.5) is 0 Å². The molecule has 118 valence electrons. The molecule has 0 bridgehead atoms. The molecule has 1 fully saturated rings. The molecule has 2 heterocycles. The predicted octanol–water partition coefficient (Wildman–Crippen LogP) is 4.47. The van der Waals surface area contributed by atoms with Crippen LogP contribution in [0.5, 0.6) is 0 Å². The van der Waals surface area contributed by atoms with E-state index in [9.17, 15) is 5.26 Å². The van der Waals surface area contributed by atoms with Gasteiger partial charge in [0.25, 0.3) is 0 Å². The summed E-state index contributed by atoms with van der Waals surface area (Å²) in [5.41, 5.74) is 1.33. The molecule has 0 saturated heterocycles. The first-order valence-electron chi connectivity index (χ1n) is 8.28. The van der Waals surface area contributed by atoms with Crippen LogP contribution in [0.15, 0.2) is 0 Å². The topological polar surface area (TPSA) is 54.0 Å². The first-order valence-corrected chi connectivity index (χ1v) is 9.09. The number of nitrogens with zero attached hydrogens (tertiary/aromatic N) is 4. The van der Waals surface area contributed by atoms with E-state index < -0.39 is 0 Å². The Bertz CT molecular complexity index is 693. The molecule has 0 N–H and O–H groups in total. The van der Waals surface area contributed by atoms with Crippen molar-refractivity contribution in [1.29, 1.82) is 5.26 Å². The smallest absolute Gasteiger partial charge is 0.213 e. The normalized spacial score (nSPS) is 17.0. The van der Waals surface area contributed by atoms with E-state index in [-0.39, 0.29) is 5.41 Å². The van der Waals surface area contributed by atoms with Crippen molar-refractivity contribution in [2.45, 2.75) is 71.1 Å². The molecule has 4 nitrogen and oxygen atoms in total. The third-order valence-electron chi connectivity index (χ3n) is 4.55. The first-order chi connectivity index (χ1) is 10.5. The van der Waals surface area contributed by atoms with Crippen LogP contribution in [0.3, 0.4) is 0 Å². The Morgan fingerprint density at radius 2 is 2.00 bits per heavy atom. The highest BCUT2D eigenvalue weighted by atomic mass is 32.1. The third kappa shape index (κ3) is 3.03. The summed E-state index contributed by atoms with van der Waals surface area (Å²) in [6.07, 6.45) is 9.18. The fourth-order valence-corrected chi connectivity index (χ4v) is 4.22. The highest BCUT2D eigenvalue weighted by Gasteiger charge is 2.26. The third-order valence-corrected chi connectivity index (χ3v) is 5.52. The number of nitriles is 1. The number of rotatable bonds is 3. The van der Waals surface area contributed by atoms with Crippen molar-refractivity contribution in [2.24, 2.45) is 5.92 Å². The molecular weight excluding hydrogens is 292 g/mol. The molecule has 0 atom stereocenters. The lowest BCUT2D eigenvalue weighted by atomic mass is 9.86. The van der Waals surface area contributed by atoms with Crippen LogP contribution >= 0.6 is 11.3 Å². The van der Waals surface area contributed by atoms with E-state index in [2.05, 4.69) is 36.9 Å². The Kier molecular flexibility index (Phi) is 4.22. The maximum atomic E-state index is 9.47. The number of hydrogen-bond acceptors (Lipinski definition) is 4. The molecule has 0 radical (unpaired) electrons. The molecule has 2 aromatic heterocycles. The van der Waals surface area contributed by atoms with Crippen LogP contribution in [-0.4, -0.2) is 14.6 Å². The second kappa shape index (κ2) is 6.00. The predicted molar refractivity (Wildman–Crippen MR) is 89.2 cm³/mol. The van der Waals surface area contributed by atoms with E-state index in [0.29, 0.717) is 5.69 Å². The molecule has 1 aliphatic rings. The van der Waals surface area contributed by atoms with Crippen molar-refractivity contribution >= 4 is 16.3 Å². The highest BCUT2D eigenvalue weighted by Crippen LogP contribution is 2.30. The summed E-state index contributed by atoms with van der Waals surface area (Å²) < 4.78 is 1.75. The van der Waals surface area contributed by atoms with E-state index in [1.54, 1.807) is 15.9 Å². The molecule has 0 amide bonds. The van der Waals surface area contributed by atoms with Crippen LogP contribution in [-0.2, 0) is 11.8 Å². The standard InChI is InChI=1S/C17H24N4S/c1-17(2,3)15-13(11-18)21-16(19-15)22-14(20-21)10-9-12-7-5-4-6-8-12/h12H,4-10H2,1-3H3. The van der Waals surface area contributed by atoms with Gasteiger partial charge in [-0.25, -0.2) is 4.98 Å². The zero-order valence-corrected chi connectivity index (χ0v) is 14.5. The van der Waals surface area contributed by atoms with Crippen LogP contribution in [0.1, 0.15) is 75.7 Å². The van der Waals surface area contributed by atoms with Gasteiger partial charge in [0.2, 0.25) is 4.96 Å². The monoisotopic (exact) mass is 316 g/mol. The molecule has 1 saturated carbocycles. The summed E-state index contributed by atoms with van der Waals surface area (Å²) in [7, 11) is 0.